The molecule has 1 aromatic carbocycles. The van der Waals surface area contributed by atoms with E-state index in [0.29, 0.717) is 0 Å². The predicted molar refractivity (Wildman–Crippen MR) is 97.1 cm³/mol. The fourth-order valence-corrected chi connectivity index (χ4v) is 4.04. The SMILES string of the molecule is Cc1ccc2c(c1)CN=C1CC=CC(F)=CC(=C3CCNCC3)C12. The molecule has 0 aromatic heterocycles. The van der Waals surface area contributed by atoms with E-state index in [4.69, 9.17) is 4.99 Å². The van der Waals surface area contributed by atoms with Crippen molar-refractivity contribution in [2.45, 2.75) is 38.6 Å². The zero-order valence-corrected chi connectivity index (χ0v) is 14.1. The zero-order chi connectivity index (χ0) is 16.5. The quantitative estimate of drug-likeness (QED) is 0.746. The molecule has 24 heavy (non-hydrogen) atoms. The summed E-state index contributed by atoms with van der Waals surface area (Å²) in [5.74, 6) is -0.0348. The van der Waals surface area contributed by atoms with Crippen LogP contribution in [0, 0.1) is 6.92 Å². The van der Waals surface area contributed by atoms with Crippen LogP contribution in [0.25, 0.3) is 0 Å². The highest BCUT2D eigenvalue weighted by molar-refractivity contribution is 5.97. The van der Waals surface area contributed by atoms with E-state index < -0.39 is 0 Å². The number of halogens is 1. The second kappa shape index (κ2) is 6.48. The van der Waals surface area contributed by atoms with E-state index in [2.05, 4.69) is 30.4 Å². The highest BCUT2D eigenvalue weighted by Crippen LogP contribution is 2.39. The average Bonchev–Trinajstić information content (AvgIpc) is 2.59. The second-order valence-electron chi connectivity index (χ2n) is 6.89. The summed E-state index contributed by atoms with van der Waals surface area (Å²) in [6, 6.07) is 6.62. The summed E-state index contributed by atoms with van der Waals surface area (Å²) in [5.41, 5.74) is 7.55. The van der Waals surface area contributed by atoms with Gasteiger partial charge in [0.15, 0.2) is 0 Å². The Morgan fingerprint density at radius 1 is 1.21 bits per heavy atom. The van der Waals surface area contributed by atoms with E-state index >= 15 is 0 Å². The van der Waals surface area contributed by atoms with Crippen LogP contribution in [0.15, 0.2) is 58.4 Å². The van der Waals surface area contributed by atoms with Gasteiger partial charge in [0.25, 0.3) is 0 Å². The van der Waals surface area contributed by atoms with Gasteiger partial charge in [-0.05, 0) is 61.7 Å². The van der Waals surface area contributed by atoms with Gasteiger partial charge in [-0.2, -0.15) is 0 Å². The van der Waals surface area contributed by atoms with Crippen LogP contribution in [0.3, 0.4) is 0 Å². The third-order valence-corrected chi connectivity index (χ3v) is 5.22. The maximum Gasteiger partial charge on any atom is 0.123 e. The lowest BCUT2D eigenvalue weighted by Gasteiger charge is -2.31. The lowest BCUT2D eigenvalue weighted by atomic mass is 9.77. The van der Waals surface area contributed by atoms with Gasteiger partial charge in [0.2, 0.25) is 0 Å². The molecule has 1 fully saturated rings. The number of nitrogens with one attached hydrogen (secondary N) is 1. The van der Waals surface area contributed by atoms with Crippen molar-refractivity contribution in [2.24, 2.45) is 4.99 Å². The van der Waals surface area contributed by atoms with Crippen molar-refractivity contribution in [1.29, 1.82) is 0 Å². The van der Waals surface area contributed by atoms with Crippen LogP contribution in [0.4, 0.5) is 4.39 Å². The van der Waals surface area contributed by atoms with Crippen molar-refractivity contribution >= 4 is 5.71 Å². The molecule has 0 saturated carbocycles. The third kappa shape index (κ3) is 2.89. The van der Waals surface area contributed by atoms with E-state index in [1.165, 1.54) is 28.0 Å². The van der Waals surface area contributed by atoms with E-state index in [1.54, 1.807) is 12.2 Å². The molecule has 2 heterocycles. The predicted octanol–water partition coefficient (Wildman–Crippen LogP) is 4.53. The van der Waals surface area contributed by atoms with Crippen LogP contribution in [0.2, 0.25) is 0 Å². The van der Waals surface area contributed by atoms with Crippen molar-refractivity contribution in [1.82, 2.24) is 5.32 Å². The van der Waals surface area contributed by atoms with Crippen LogP contribution in [-0.2, 0) is 6.54 Å². The number of aliphatic imine (C=N–C) groups is 1. The minimum Gasteiger partial charge on any atom is -0.316 e. The fraction of sp³-hybridized carbons (Fsp3) is 0.381. The van der Waals surface area contributed by atoms with Gasteiger partial charge in [-0.1, -0.05) is 35.4 Å². The number of fused-ring (bicyclic) bond motifs is 3. The lowest BCUT2D eigenvalue weighted by molar-refractivity contribution is 0.601. The number of hydrogen-bond donors (Lipinski definition) is 1. The smallest absolute Gasteiger partial charge is 0.123 e. The van der Waals surface area contributed by atoms with Crippen molar-refractivity contribution in [3.05, 3.63) is 70.1 Å². The third-order valence-electron chi connectivity index (χ3n) is 5.22. The number of allylic oxidation sites excluding steroid dienone is 5. The Kier molecular flexibility index (Phi) is 4.19. The number of piperidine rings is 1. The standard InChI is InChI=1S/C21H23FN2/c1-14-5-6-18-16(11-14)13-24-20-4-2-3-17(22)12-19(21(18)20)15-7-9-23-10-8-15/h2-3,5-6,11-12,21,23H,4,7-10,13H2,1H3. The Morgan fingerprint density at radius 2 is 2.04 bits per heavy atom. The Balaban J connectivity index is 1.90. The highest BCUT2D eigenvalue weighted by Gasteiger charge is 2.29. The molecule has 1 N–H and O–H groups in total. The first-order chi connectivity index (χ1) is 11.7. The first kappa shape index (κ1) is 15.5. The number of hydrogen-bond acceptors (Lipinski definition) is 2. The number of rotatable bonds is 0. The Morgan fingerprint density at radius 3 is 2.88 bits per heavy atom. The number of benzene rings is 1. The summed E-state index contributed by atoms with van der Waals surface area (Å²) < 4.78 is 14.3. The first-order valence-corrected chi connectivity index (χ1v) is 8.81. The Hall–Kier alpha value is -2.00. The molecule has 3 heteroatoms. The molecular weight excluding hydrogens is 299 g/mol. The molecule has 3 aliphatic rings. The van der Waals surface area contributed by atoms with E-state index in [0.717, 1.165) is 44.5 Å². The van der Waals surface area contributed by atoms with Gasteiger partial charge in [0.1, 0.15) is 5.83 Å². The van der Waals surface area contributed by atoms with Crippen LogP contribution < -0.4 is 5.32 Å². The zero-order valence-electron chi connectivity index (χ0n) is 14.1. The fourth-order valence-electron chi connectivity index (χ4n) is 4.04. The van der Waals surface area contributed by atoms with E-state index in [9.17, 15) is 4.39 Å². The first-order valence-electron chi connectivity index (χ1n) is 8.81. The normalized spacial score (nSPS) is 23.7. The van der Waals surface area contributed by atoms with Gasteiger partial charge < -0.3 is 5.32 Å². The van der Waals surface area contributed by atoms with Crippen LogP contribution >= 0.6 is 0 Å². The summed E-state index contributed by atoms with van der Waals surface area (Å²) >= 11 is 0. The van der Waals surface area contributed by atoms with E-state index in [1.807, 2.05) is 6.08 Å². The summed E-state index contributed by atoms with van der Waals surface area (Å²) in [6.07, 6.45) is 7.97. The molecule has 2 aliphatic heterocycles. The second-order valence-corrected chi connectivity index (χ2v) is 6.89. The molecular formula is C21H23FN2. The Bertz CT molecular complexity index is 775. The molecule has 124 valence electrons. The molecule has 1 saturated heterocycles. The van der Waals surface area contributed by atoms with Gasteiger partial charge in [0, 0.05) is 18.1 Å². The maximum atomic E-state index is 14.3. The number of aryl methyl sites for hydroxylation is 1. The van der Waals surface area contributed by atoms with Crippen LogP contribution in [0.1, 0.15) is 41.9 Å². The minimum atomic E-state index is -0.144. The van der Waals surface area contributed by atoms with Crippen molar-refractivity contribution in [2.75, 3.05) is 13.1 Å². The number of nitrogens with zero attached hydrogens (tertiary/aromatic N) is 1. The topological polar surface area (TPSA) is 24.4 Å². The van der Waals surface area contributed by atoms with Crippen molar-refractivity contribution < 1.29 is 4.39 Å². The highest BCUT2D eigenvalue weighted by atomic mass is 19.1. The maximum absolute atomic E-state index is 14.3. The summed E-state index contributed by atoms with van der Waals surface area (Å²) in [7, 11) is 0. The summed E-state index contributed by atoms with van der Waals surface area (Å²) in [6.45, 7) is 4.81. The molecule has 0 spiro atoms. The molecule has 0 radical (unpaired) electrons. The van der Waals surface area contributed by atoms with Gasteiger partial charge >= 0.3 is 0 Å². The monoisotopic (exact) mass is 322 g/mol. The molecule has 1 aliphatic carbocycles. The molecule has 2 nitrogen and oxygen atoms in total. The molecule has 4 rings (SSSR count). The summed E-state index contributed by atoms with van der Waals surface area (Å²) in [4.78, 5) is 4.87. The average molecular weight is 322 g/mol. The lowest BCUT2D eigenvalue weighted by Crippen LogP contribution is -2.27. The minimum absolute atomic E-state index is 0.109. The Labute approximate surface area is 142 Å². The summed E-state index contributed by atoms with van der Waals surface area (Å²) in [5, 5.41) is 3.40. The molecule has 0 amide bonds. The largest absolute Gasteiger partial charge is 0.316 e. The molecule has 1 atom stereocenters. The van der Waals surface area contributed by atoms with Gasteiger partial charge in [0.05, 0.1) is 6.54 Å². The van der Waals surface area contributed by atoms with Gasteiger partial charge in [-0.15, -0.1) is 0 Å². The molecule has 1 aromatic rings. The van der Waals surface area contributed by atoms with Gasteiger partial charge in [-0.3, -0.25) is 4.99 Å². The van der Waals surface area contributed by atoms with E-state index in [-0.39, 0.29) is 11.7 Å². The van der Waals surface area contributed by atoms with Crippen molar-refractivity contribution in [3.63, 3.8) is 0 Å². The molecule has 1 unspecified atom stereocenters. The van der Waals surface area contributed by atoms with Crippen LogP contribution in [-0.4, -0.2) is 18.8 Å². The van der Waals surface area contributed by atoms with Gasteiger partial charge in [-0.25, -0.2) is 4.39 Å². The molecule has 0 bridgehead atoms. The van der Waals surface area contributed by atoms with Crippen molar-refractivity contribution in [3.8, 4) is 0 Å². The van der Waals surface area contributed by atoms with Crippen LogP contribution in [0.5, 0.6) is 0 Å².